The number of aldehydes is 2. The van der Waals surface area contributed by atoms with Crippen molar-refractivity contribution in [3.8, 4) is 11.5 Å². The third kappa shape index (κ3) is 4.50. The van der Waals surface area contributed by atoms with Gasteiger partial charge in [-0.3, -0.25) is 19.6 Å². The number of hydrogen-bond donors (Lipinski definition) is 2. The Balaban J connectivity index is 1.97. The molecule has 0 amide bonds. The summed E-state index contributed by atoms with van der Waals surface area (Å²) < 4.78 is 0. The van der Waals surface area contributed by atoms with Crippen LogP contribution in [0.1, 0.15) is 43.0 Å². The lowest BCUT2D eigenvalue weighted by Gasteiger charge is -2.06. The highest BCUT2D eigenvalue weighted by Crippen LogP contribution is 2.29. The average Bonchev–Trinajstić information content (AvgIpc) is 2.74. The number of aryl methyl sites for hydroxylation is 2. The zero-order valence-electron chi connectivity index (χ0n) is 16.5. The minimum absolute atomic E-state index is 0.133. The summed E-state index contributed by atoms with van der Waals surface area (Å²) in [7, 11) is 0. The Morgan fingerprint density at radius 2 is 1.03 bits per heavy atom. The standard InChI is InChI=1S/C24H20N2O4/c1-15-7-17(23(29)19(9-15)13-27)11-25-21-5-3-4-6-22(21)26-12-18-8-16(2)10-20(14-28)24(18)30/h3-14,29-30H,1-2H3. The number of phenols is 2. The molecule has 0 saturated carbocycles. The van der Waals surface area contributed by atoms with E-state index in [0.717, 1.165) is 11.1 Å². The van der Waals surface area contributed by atoms with Gasteiger partial charge in [0.25, 0.3) is 0 Å². The molecule has 0 radical (unpaired) electrons. The molecule has 0 aliphatic carbocycles. The Morgan fingerprint density at radius 1 is 0.667 bits per heavy atom. The summed E-state index contributed by atoms with van der Waals surface area (Å²) in [5.41, 5.74) is 3.94. The van der Waals surface area contributed by atoms with Gasteiger partial charge in [-0.2, -0.15) is 0 Å². The molecule has 150 valence electrons. The molecule has 0 spiro atoms. The Labute approximate surface area is 173 Å². The van der Waals surface area contributed by atoms with Crippen LogP contribution in [-0.4, -0.2) is 35.2 Å². The van der Waals surface area contributed by atoms with Crippen molar-refractivity contribution < 1.29 is 19.8 Å². The predicted molar refractivity (Wildman–Crippen MR) is 117 cm³/mol. The second-order valence-electron chi connectivity index (χ2n) is 6.82. The van der Waals surface area contributed by atoms with E-state index in [0.29, 0.717) is 35.1 Å². The molecule has 0 aromatic heterocycles. The maximum Gasteiger partial charge on any atom is 0.153 e. The number of carbonyl (C=O) groups excluding carboxylic acids is 2. The molecule has 3 aromatic rings. The summed E-state index contributed by atoms with van der Waals surface area (Å²) in [6, 6.07) is 13.8. The fourth-order valence-corrected chi connectivity index (χ4v) is 3.01. The van der Waals surface area contributed by atoms with Crippen molar-refractivity contribution in [2.45, 2.75) is 13.8 Å². The number of rotatable bonds is 6. The van der Waals surface area contributed by atoms with Crippen LogP contribution in [0, 0.1) is 13.8 Å². The highest BCUT2D eigenvalue weighted by Gasteiger charge is 2.08. The van der Waals surface area contributed by atoms with Crippen molar-refractivity contribution in [3.63, 3.8) is 0 Å². The molecule has 3 rings (SSSR count). The molecular weight excluding hydrogens is 380 g/mol. The van der Waals surface area contributed by atoms with Crippen molar-refractivity contribution in [1.82, 2.24) is 0 Å². The summed E-state index contributed by atoms with van der Waals surface area (Å²) in [4.78, 5) is 31.0. The van der Waals surface area contributed by atoms with Crippen LogP contribution in [0.3, 0.4) is 0 Å². The Kier molecular flexibility index (Phi) is 6.17. The first kappa shape index (κ1) is 20.7. The second kappa shape index (κ2) is 8.96. The zero-order chi connectivity index (χ0) is 21.7. The molecule has 0 heterocycles. The number of aliphatic imine (C=N–C) groups is 2. The molecule has 3 aromatic carbocycles. The van der Waals surface area contributed by atoms with Crippen LogP contribution in [0.5, 0.6) is 11.5 Å². The molecule has 0 bridgehead atoms. The van der Waals surface area contributed by atoms with E-state index < -0.39 is 0 Å². The molecule has 0 atom stereocenters. The van der Waals surface area contributed by atoms with Crippen molar-refractivity contribution in [2.75, 3.05) is 0 Å². The van der Waals surface area contributed by atoms with E-state index in [2.05, 4.69) is 9.98 Å². The smallest absolute Gasteiger partial charge is 0.153 e. The number of carbonyl (C=O) groups is 2. The fourth-order valence-electron chi connectivity index (χ4n) is 3.01. The largest absolute Gasteiger partial charge is 0.507 e. The lowest BCUT2D eigenvalue weighted by atomic mass is 10.1. The molecule has 0 saturated heterocycles. The van der Waals surface area contributed by atoms with Gasteiger partial charge in [-0.05, 0) is 61.4 Å². The van der Waals surface area contributed by atoms with Gasteiger partial charge in [0, 0.05) is 23.6 Å². The molecule has 0 aliphatic rings. The van der Waals surface area contributed by atoms with Crippen LogP contribution in [-0.2, 0) is 0 Å². The Hall–Kier alpha value is -4.06. The highest BCUT2D eigenvalue weighted by molar-refractivity contribution is 5.94. The van der Waals surface area contributed by atoms with E-state index in [1.165, 1.54) is 12.4 Å². The third-order valence-corrected chi connectivity index (χ3v) is 4.45. The number of phenolic OH excluding ortho intramolecular Hbond substituents is 2. The van der Waals surface area contributed by atoms with Crippen LogP contribution in [0.4, 0.5) is 11.4 Å². The van der Waals surface area contributed by atoms with Crippen molar-refractivity contribution >= 4 is 36.4 Å². The second-order valence-corrected chi connectivity index (χ2v) is 6.82. The third-order valence-electron chi connectivity index (χ3n) is 4.45. The van der Waals surface area contributed by atoms with Gasteiger partial charge in [0.1, 0.15) is 11.5 Å². The van der Waals surface area contributed by atoms with Gasteiger partial charge in [0.15, 0.2) is 12.6 Å². The van der Waals surface area contributed by atoms with Gasteiger partial charge < -0.3 is 10.2 Å². The molecule has 0 unspecified atom stereocenters. The molecule has 30 heavy (non-hydrogen) atoms. The number of hydrogen-bond acceptors (Lipinski definition) is 6. The maximum atomic E-state index is 11.1. The molecule has 0 aliphatic heterocycles. The fraction of sp³-hybridized carbons (Fsp3) is 0.0833. The van der Waals surface area contributed by atoms with Gasteiger partial charge in [-0.1, -0.05) is 12.1 Å². The lowest BCUT2D eigenvalue weighted by Crippen LogP contribution is -1.91. The van der Waals surface area contributed by atoms with Crippen molar-refractivity contribution in [3.05, 3.63) is 81.9 Å². The van der Waals surface area contributed by atoms with Gasteiger partial charge in [-0.25, -0.2) is 0 Å². The highest BCUT2D eigenvalue weighted by atomic mass is 16.3. The van der Waals surface area contributed by atoms with Gasteiger partial charge >= 0.3 is 0 Å². The Morgan fingerprint density at radius 3 is 1.40 bits per heavy atom. The minimum Gasteiger partial charge on any atom is -0.507 e. The zero-order valence-corrected chi connectivity index (χ0v) is 16.5. The minimum atomic E-state index is -0.133. The van der Waals surface area contributed by atoms with E-state index in [1.807, 2.05) is 13.8 Å². The van der Waals surface area contributed by atoms with Gasteiger partial charge in [0.2, 0.25) is 0 Å². The summed E-state index contributed by atoms with van der Waals surface area (Å²) in [6.07, 6.45) is 4.14. The van der Waals surface area contributed by atoms with Crippen LogP contribution in [0.15, 0.2) is 58.5 Å². The number of aromatic hydroxyl groups is 2. The molecule has 0 fully saturated rings. The molecule has 6 nitrogen and oxygen atoms in total. The lowest BCUT2D eigenvalue weighted by molar-refractivity contribution is 0.111. The summed E-state index contributed by atoms with van der Waals surface area (Å²) >= 11 is 0. The average molecular weight is 400 g/mol. The summed E-state index contributed by atoms with van der Waals surface area (Å²) in [5.74, 6) is -0.266. The van der Waals surface area contributed by atoms with Gasteiger partial charge in [0.05, 0.1) is 22.5 Å². The van der Waals surface area contributed by atoms with E-state index in [9.17, 15) is 19.8 Å². The van der Waals surface area contributed by atoms with Crippen LogP contribution in [0.25, 0.3) is 0 Å². The molecule has 6 heteroatoms. The van der Waals surface area contributed by atoms with Crippen molar-refractivity contribution in [1.29, 1.82) is 0 Å². The summed E-state index contributed by atoms with van der Waals surface area (Å²) in [5, 5.41) is 20.4. The number of nitrogens with zero attached hydrogens (tertiary/aromatic N) is 2. The maximum absolute atomic E-state index is 11.1. The van der Waals surface area contributed by atoms with E-state index in [1.54, 1.807) is 48.5 Å². The quantitative estimate of drug-likeness (QED) is 0.457. The van der Waals surface area contributed by atoms with E-state index >= 15 is 0 Å². The first-order chi connectivity index (χ1) is 14.4. The number of benzene rings is 3. The monoisotopic (exact) mass is 400 g/mol. The first-order valence-electron chi connectivity index (χ1n) is 9.17. The van der Waals surface area contributed by atoms with Gasteiger partial charge in [-0.15, -0.1) is 0 Å². The SMILES string of the molecule is Cc1cc(C=O)c(O)c(C=Nc2ccccc2N=Cc2cc(C)cc(C=O)c2O)c1. The van der Waals surface area contributed by atoms with Crippen LogP contribution >= 0.6 is 0 Å². The number of para-hydroxylation sites is 2. The predicted octanol–water partition coefficient (Wildman–Crippen LogP) is 4.84. The topological polar surface area (TPSA) is 99.3 Å². The normalized spacial score (nSPS) is 11.3. The van der Waals surface area contributed by atoms with E-state index in [4.69, 9.17) is 0 Å². The van der Waals surface area contributed by atoms with Crippen molar-refractivity contribution in [2.24, 2.45) is 9.98 Å². The first-order valence-corrected chi connectivity index (χ1v) is 9.17. The molecular formula is C24H20N2O4. The van der Waals surface area contributed by atoms with Crippen LogP contribution < -0.4 is 0 Å². The molecule has 2 N–H and O–H groups in total. The Bertz CT molecular complexity index is 1090. The van der Waals surface area contributed by atoms with Crippen LogP contribution in [0.2, 0.25) is 0 Å². The van der Waals surface area contributed by atoms with E-state index in [-0.39, 0.29) is 22.6 Å². The summed E-state index contributed by atoms with van der Waals surface area (Å²) in [6.45, 7) is 3.65.